The van der Waals surface area contributed by atoms with E-state index in [1.165, 1.54) is 47.9 Å². The Labute approximate surface area is 133 Å². The first-order valence-electron chi connectivity index (χ1n) is 8.48. The molecule has 1 N–H and O–H groups in total. The fraction of sp³-hybridized carbons (Fsp3) is 0.824. The van der Waals surface area contributed by atoms with Crippen LogP contribution in [0.2, 0.25) is 0 Å². The molecule has 118 valence electrons. The van der Waals surface area contributed by atoms with Crippen LogP contribution in [0.4, 0.5) is 0 Å². The monoisotopic (exact) mass is 307 g/mol. The van der Waals surface area contributed by atoms with E-state index < -0.39 is 0 Å². The number of rotatable bonds is 5. The van der Waals surface area contributed by atoms with Crippen molar-refractivity contribution in [1.82, 2.24) is 15.2 Å². The predicted molar refractivity (Wildman–Crippen MR) is 89.8 cm³/mol. The van der Waals surface area contributed by atoms with Crippen LogP contribution in [0.15, 0.2) is 0 Å². The molecule has 0 aromatic carbocycles. The average Bonchev–Trinajstić information content (AvgIpc) is 3.25. The fourth-order valence-corrected chi connectivity index (χ4v) is 4.39. The fourth-order valence-electron chi connectivity index (χ4n) is 3.43. The van der Waals surface area contributed by atoms with Gasteiger partial charge in [0.15, 0.2) is 0 Å². The van der Waals surface area contributed by atoms with E-state index in [0.717, 1.165) is 24.4 Å². The first-order chi connectivity index (χ1) is 10.1. The Hall–Kier alpha value is -0.450. The minimum atomic E-state index is 0.646. The molecule has 0 radical (unpaired) electrons. The van der Waals surface area contributed by atoms with Crippen molar-refractivity contribution in [3.8, 4) is 0 Å². The highest BCUT2D eigenvalue weighted by atomic mass is 32.1. The second kappa shape index (κ2) is 6.35. The molecule has 1 saturated heterocycles. The molecule has 1 aromatic rings. The van der Waals surface area contributed by atoms with Gasteiger partial charge in [-0.15, -0.1) is 11.3 Å². The Morgan fingerprint density at radius 2 is 2.14 bits per heavy atom. The average molecular weight is 308 g/mol. The highest BCUT2D eigenvalue weighted by Crippen LogP contribution is 2.37. The number of hydrogen-bond acceptors (Lipinski definition) is 4. The maximum atomic E-state index is 4.76. The zero-order valence-corrected chi connectivity index (χ0v) is 14.7. The van der Waals surface area contributed by atoms with Gasteiger partial charge in [0.25, 0.3) is 0 Å². The van der Waals surface area contributed by atoms with E-state index in [0.29, 0.717) is 6.04 Å². The summed E-state index contributed by atoms with van der Waals surface area (Å²) in [6.45, 7) is 12.4. The van der Waals surface area contributed by atoms with Gasteiger partial charge in [-0.2, -0.15) is 0 Å². The van der Waals surface area contributed by atoms with Crippen LogP contribution in [0.5, 0.6) is 0 Å². The van der Waals surface area contributed by atoms with Crippen molar-refractivity contribution in [2.75, 3.05) is 13.1 Å². The van der Waals surface area contributed by atoms with E-state index in [2.05, 4.69) is 37.9 Å². The number of piperazine rings is 1. The molecule has 1 saturated carbocycles. The van der Waals surface area contributed by atoms with Crippen LogP contribution >= 0.6 is 11.3 Å². The summed E-state index contributed by atoms with van der Waals surface area (Å²) in [6.07, 6.45) is 4.11. The Morgan fingerprint density at radius 1 is 1.38 bits per heavy atom. The third kappa shape index (κ3) is 3.49. The lowest BCUT2D eigenvalue weighted by molar-refractivity contribution is 0.0890. The highest BCUT2D eigenvalue weighted by molar-refractivity contribution is 7.11. The van der Waals surface area contributed by atoms with Gasteiger partial charge in [-0.05, 0) is 38.5 Å². The van der Waals surface area contributed by atoms with E-state index in [1.54, 1.807) is 0 Å². The summed E-state index contributed by atoms with van der Waals surface area (Å²) in [5.74, 6) is 1.69. The Morgan fingerprint density at radius 3 is 2.71 bits per heavy atom. The molecule has 0 amide bonds. The summed E-state index contributed by atoms with van der Waals surface area (Å²) in [4.78, 5) is 8.87. The second-order valence-electron chi connectivity index (χ2n) is 6.98. The zero-order chi connectivity index (χ0) is 15.0. The lowest BCUT2D eigenvalue weighted by atomic mass is 9.94. The summed E-state index contributed by atoms with van der Waals surface area (Å²) in [6, 6.07) is 1.38. The summed E-state index contributed by atoms with van der Waals surface area (Å²) in [7, 11) is 0. The van der Waals surface area contributed by atoms with Crippen molar-refractivity contribution in [1.29, 1.82) is 0 Å². The first-order valence-corrected chi connectivity index (χ1v) is 9.30. The Balaban J connectivity index is 1.70. The molecule has 3 nitrogen and oxygen atoms in total. The molecule has 0 spiro atoms. The van der Waals surface area contributed by atoms with E-state index in [1.807, 2.05) is 11.3 Å². The molecule has 3 rings (SSSR count). The molecule has 21 heavy (non-hydrogen) atoms. The molecule has 4 heteroatoms. The molecule has 3 atom stereocenters. The van der Waals surface area contributed by atoms with Crippen molar-refractivity contribution >= 4 is 11.3 Å². The number of nitrogens with zero attached hydrogens (tertiary/aromatic N) is 2. The van der Waals surface area contributed by atoms with Crippen LogP contribution in [0.25, 0.3) is 0 Å². The molecule has 1 aliphatic carbocycles. The highest BCUT2D eigenvalue weighted by Gasteiger charge is 2.39. The van der Waals surface area contributed by atoms with Gasteiger partial charge in [0, 0.05) is 30.1 Å². The zero-order valence-electron chi connectivity index (χ0n) is 13.9. The van der Waals surface area contributed by atoms with E-state index in [9.17, 15) is 0 Å². The smallest absolute Gasteiger partial charge is 0.107 e. The Bertz CT molecular complexity index is 461. The molecular formula is C17H29N3S. The number of thiazole rings is 1. The lowest BCUT2D eigenvalue weighted by Crippen LogP contribution is -2.58. The van der Waals surface area contributed by atoms with Crippen molar-refractivity contribution in [2.45, 2.75) is 65.6 Å². The van der Waals surface area contributed by atoms with Crippen molar-refractivity contribution in [2.24, 2.45) is 11.8 Å². The third-order valence-electron chi connectivity index (χ3n) is 5.40. The standard InChI is InChI=1S/C17H29N3S/c1-5-11(2)15-9-20(16(8-18-15)14-6-7-14)10-17-19-12(3)13(4)21-17/h11,14-16,18H,5-10H2,1-4H3. The van der Waals surface area contributed by atoms with Gasteiger partial charge in [0.1, 0.15) is 5.01 Å². The van der Waals surface area contributed by atoms with Gasteiger partial charge in [-0.3, -0.25) is 4.90 Å². The molecule has 1 aliphatic heterocycles. The van der Waals surface area contributed by atoms with E-state index in [4.69, 9.17) is 4.98 Å². The maximum Gasteiger partial charge on any atom is 0.107 e. The van der Waals surface area contributed by atoms with Crippen molar-refractivity contribution in [3.63, 3.8) is 0 Å². The van der Waals surface area contributed by atoms with Crippen LogP contribution in [-0.4, -0.2) is 35.1 Å². The van der Waals surface area contributed by atoms with Crippen molar-refractivity contribution in [3.05, 3.63) is 15.6 Å². The predicted octanol–water partition coefficient (Wildman–Crippen LogP) is 3.36. The van der Waals surface area contributed by atoms with Crippen LogP contribution in [0.1, 0.15) is 48.7 Å². The van der Waals surface area contributed by atoms with Crippen LogP contribution in [-0.2, 0) is 6.54 Å². The minimum Gasteiger partial charge on any atom is -0.311 e. The number of aryl methyl sites for hydroxylation is 2. The van der Waals surface area contributed by atoms with Crippen LogP contribution in [0, 0.1) is 25.7 Å². The van der Waals surface area contributed by atoms with Gasteiger partial charge < -0.3 is 5.32 Å². The normalized spacial score (nSPS) is 28.8. The van der Waals surface area contributed by atoms with Gasteiger partial charge in [-0.1, -0.05) is 20.3 Å². The van der Waals surface area contributed by atoms with Crippen LogP contribution < -0.4 is 5.32 Å². The third-order valence-corrected chi connectivity index (χ3v) is 6.46. The molecule has 0 bridgehead atoms. The number of hydrogen-bond donors (Lipinski definition) is 1. The largest absolute Gasteiger partial charge is 0.311 e. The van der Waals surface area contributed by atoms with E-state index >= 15 is 0 Å². The molecule has 2 heterocycles. The van der Waals surface area contributed by atoms with Crippen LogP contribution in [0.3, 0.4) is 0 Å². The van der Waals surface area contributed by atoms with Gasteiger partial charge >= 0.3 is 0 Å². The molecule has 2 fully saturated rings. The van der Waals surface area contributed by atoms with Gasteiger partial charge in [-0.25, -0.2) is 4.98 Å². The van der Waals surface area contributed by atoms with Gasteiger partial charge in [0.2, 0.25) is 0 Å². The summed E-state index contributed by atoms with van der Waals surface area (Å²) >= 11 is 1.88. The second-order valence-corrected chi connectivity index (χ2v) is 8.27. The number of aromatic nitrogens is 1. The Kier molecular flexibility index (Phi) is 4.67. The topological polar surface area (TPSA) is 28.2 Å². The maximum absolute atomic E-state index is 4.76. The molecule has 3 unspecified atom stereocenters. The minimum absolute atomic E-state index is 0.646. The molecule has 2 aliphatic rings. The summed E-state index contributed by atoms with van der Waals surface area (Å²) < 4.78 is 0. The summed E-state index contributed by atoms with van der Waals surface area (Å²) in [5.41, 5.74) is 1.21. The SMILES string of the molecule is CCC(C)C1CN(Cc2nc(C)c(C)s2)C(C2CC2)CN1. The number of nitrogens with one attached hydrogen (secondary N) is 1. The van der Waals surface area contributed by atoms with Gasteiger partial charge in [0.05, 0.1) is 12.2 Å². The van der Waals surface area contributed by atoms with Crippen molar-refractivity contribution < 1.29 is 0 Å². The summed E-state index contributed by atoms with van der Waals surface area (Å²) in [5, 5.41) is 5.12. The quantitative estimate of drug-likeness (QED) is 0.904. The first kappa shape index (κ1) is 15.4. The molecular weight excluding hydrogens is 278 g/mol. The molecule has 1 aromatic heterocycles. The lowest BCUT2D eigenvalue weighted by Gasteiger charge is -2.42. The van der Waals surface area contributed by atoms with E-state index in [-0.39, 0.29) is 0 Å².